The minimum atomic E-state index is -0.313. The maximum atomic E-state index is 12.5. The van der Waals surface area contributed by atoms with E-state index in [1.54, 1.807) is 19.1 Å². The third-order valence-corrected chi connectivity index (χ3v) is 4.04. The number of benzene rings is 1. The van der Waals surface area contributed by atoms with Crippen LogP contribution < -0.4 is 15.5 Å². The molecule has 0 spiro atoms. The molecule has 1 amide bonds. The Morgan fingerprint density at radius 2 is 1.81 bits per heavy atom. The monoisotopic (exact) mass is 366 g/mol. The number of carbonyl (C=O) groups excluding carboxylic acids is 1. The minimum absolute atomic E-state index is 0.250. The third kappa shape index (κ3) is 4.60. The quantitative estimate of drug-likeness (QED) is 0.659. The molecule has 0 aliphatic rings. The fourth-order valence-corrected chi connectivity index (χ4v) is 2.65. The van der Waals surface area contributed by atoms with Crippen LogP contribution in [0.15, 0.2) is 47.2 Å². The van der Waals surface area contributed by atoms with Gasteiger partial charge < -0.3 is 20.1 Å². The zero-order valence-corrected chi connectivity index (χ0v) is 15.6. The van der Waals surface area contributed by atoms with Gasteiger partial charge in [-0.25, -0.2) is 9.97 Å². The van der Waals surface area contributed by atoms with E-state index >= 15 is 0 Å². The molecule has 0 unspecified atom stereocenters. The van der Waals surface area contributed by atoms with E-state index in [9.17, 15) is 4.79 Å². The second kappa shape index (κ2) is 8.31. The number of hydrogen-bond donors (Lipinski definition) is 2. The van der Waals surface area contributed by atoms with Crippen LogP contribution in [0.4, 0.5) is 23.0 Å². The molecule has 0 aliphatic carbocycles. The van der Waals surface area contributed by atoms with Gasteiger partial charge in [-0.05, 0) is 45.0 Å². The van der Waals surface area contributed by atoms with Crippen LogP contribution in [0, 0.1) is 6.92 Å². The maximum absolute atomic E-state index is 12.5. The van der Waals surface area contributed by atoms with Gasteiger partial charge in [0.15, 0.2) is 5.82 Å². The number of amides is 1. The van der Waals surface area contributed by atoms with Crippen molar-refractivity contribution < 1.29 is 9.32 Å². The first-order valence-electron chi connectivity index (χ1n) is 8.77. The van der Waals surface area contributed by atoms with Crippen LogP contribution >= 0.6 is 0 Å². The van der Waals surface area contributed by atoms with Crippen molar-refractivity contribution in [1.82, 2.24) is 15.1 Å². The third-order valence-electron chi connectivity index (χ3n) is 4.04. The molecule has 0 atom stereocenters. The second-order valence-corrected chi connectivity index (χ2v) is 5.91. The lowest BCUT2D eigenvalue weighted by molar-refractivity contribution is 0.102. The Morgan fingerprint density at radius 1 is 1.07 bits per heavy atom. The second-order valence-electron chi connectivity index (χ2n) is 5.91. The average Bonchev–Trinajstić information content (AvgIpc) is 3.09. The SMILES string of the molecule is CCN(CC)c1ccc(NC(=O)c2cc(Nc3cc(C)on3)ncn2)cc1. The van der Waals surface area contributed by atoms with E-state index in [0.717, 1.165) is 18.8 Å². The molecule has 0 fully saturated rings. The number of anilines is 4. The lowest BCUT2D eigenvalue weighted by atomic mass is 10.2. The zero-order valence-electron chi connectivity index (χ0n) is 15.6. The van der Waals surface area contributed by atoms with Crippen molar-refractivity contribution >= 4 is 28.9 Å². The Balaban J connectivity index is 1.68. The summed E-state index contributed by atoms with van der Waals surface area (Å²) in [6.07, 6.45) is 1.33. The van der Waals surface area contributed by atoms with Crippen molar-refractivity contribution in [3.63, 3.8) is 0 Å². The Hall–Kier alpha value is -3.42. The van der Waals surface area contributed by atoms with Crippen LogP contribution in [0.25, 0.3) is 0 Å². The van der Waals surface area contributed by atoms with Crippen molar-refractivity contribution in [2.75, 3.05) is 28.6 Å². The van der Waals surface area contributed by atoms with Crippen molar-refractivity contribution in [1.29, 1.82) is 0 Å². The minimum Gasteiger partial charge on any atom is -0.372 e. The lowest BCUT2D eigenvalue weighted by Gasteiger charge is -2.21. The predicted octanol–water partition coefficient (Wildman–Crippen LogP) is 3.62. The average molecular weight is 366 g/mol. The number of carbonyl (C=O) groups is 1. The summed E-state index contributed by atoms with van der Waals surface area (Å²) in [5.74, 6) is 1.34. The zero-order chi connectivity index (χ0) is 19.2. The summed E-state index contributed by atoms with van der Waals surface area (Å²) >= 11 is 0. The molecular formula is C19H22N6O2. The molecule has 2 N–H and O–H groups in total. The van der Waals surface area contributed by atoms with Crippen LogP contribution in [0.1, 0.15) is 30.1 Å². The molecule has 3 rings (SSSR count). The molecule has 0 saturated carbocycles. The molecule has 8 heteroatoms. The summed E-state index contributed by atoms with van der Waals surface area (Å²) in [4.78, 5) is 22.8. The molecule has 2 heterocycles. The summed E-state index contributed by atoms with van der Waals surface area (Å²) in [6, 6.07) is 11.0. The van der Waals surface area contributed by atoms with Crippen LogP contribution in [0.3, 0.4) is 0 Å². The molecule has 0 bridgehead atoms. The van der Waals surface area contributed by atoms with Gasteiger partial charge in [0.05, 0.1) is 0 Å². The smallest absolute Gasteiger partial charge is 0.274 e. The van der Waals surface area contributed by atoms with Crippen molar-refractivity contribution in [3.8, 4) is 0 Å². The van der Waals surface area contributed by atoms with Gasteiger partial charge in [0.1, 0.15) is 23.6 Å². The number of aromatic nitrogens is 3. The highest BCUT2D eigenvalue weighted by Crippen LogP contribution is 2.19. The van der Waals surface area contributed by atoms with E-state index in [1.807, 2.05) is 24.3 Å². The van der Waals surface area contributed by atoms with Crippen molar-refractivity contribution in [3.05, 3.63) is 54.2 Å². The molecule has 1 aromatic carbocycles. The highest BCUT2D eigenvalue weighted by atomic mass is 16.5. The molecule has 0 saturated heterocycles. The Bertz CT molecular complexity index is 903. The first-order valence-corrected chi connectivity index (χ1v) is 8.77. The summed E-state index contributed by atoms with van der Waals surface area (Å²) in [5.41, 5.74) is 2.08. The normalized spacial score (nSPS) is 10.5. The van der Waals surface area contributed by atoms with Gasteiger partial charge in [-0.3, -0.25) is 4.79 Å². The fourth-order valence-electron chi connectivity index (χ4n) is 2.65. The maximum Gasteiger partial charge on any atom is 0.274 e. The number of nitrogens with one attached hydrogen (secondary N) is 2. The lowest BCUT2D eigenvalue weighted by Crippen LogP contribution is -2.21. The molecule has 0 radical (unpaired) electrons. The van der Waals surface area contributed by atoms with Crippen LogP contribution in [0.2, 0.25) is 0 Å². The Kier molecular flexibility index (Phi) is 5.65. The topological polar surface area (TPSA) is 96.2 Å². The summed E-state index contributed by atoms with van der Waals surface area (Å²) in [7, 11) is 0. The molecule has 140 valence electrons. The van der Waals surface area contributed by atoms with Gasteiger partial charge in [-0.2, -0.15) is 0 Å². The van der Waals surface area contributed by atoms with E-state index in [1.165, 1.54) is 6.33 Å². The van der Waals surface area contributed by atoms with Gasteiger partial charge >= 0.3 is 0 Å². The van der Waals surface area contributed by atoms with Gasteiger partial charge in [0.2, 0.25) is 0 Å². The van der Waals surface area contributed by atoms with Crippen LogP contribution in [-0.2, 0) is 0 Å². The van der Waals surface area contributed by atoms with Gasteiger partial charge in [-0.1, -0.05) is 5.16 Å². The van der Waals surface area contributed by atoms with Crippen molar-refractivity contribution in [2.24, 2.45) is 0 Å². The summed E-state index contributed by atoms with van der Waals surface area (Å²) in [5, 5.41) is 9.66. The van der Waals surface area contributed by atoms with E-state index < -0.39 is 0 Å². The highest BCUT2D eigenvalue weighted by molar-refractivity contribution is 6.03. The summed E-state index contributed by atoms with van der Waals surface area (Å²) < 4.78 is 5.00. The van der Waals surface area contributed by atoms with E-state index in [4.69, 9.17) is 4.52 Å². The molecule has 3 aromatic rings. The van der Waals surface area contributed by atoms with Crippen LogP contribution in [-0.4, -0.2) is 34.1 Å². The molecule has 2 aromatic heterocycles. The first kappa shape index (κ1) is 18.4. The van der Waals surface area contributed by atoms with E-state index in [2.05, 4.69) is 44.5 Å². The highest BCUT2D eigenvalue weighted by Gasteiger charge is 2.11. The largest absolute Gasteiger partial charge is 0.372 e. The number of nitrogens with zero attached hydrogens (tertiary/aromatic N) is 4. The number of hydrogen-bond acceptors (Lipinski definition) is 7. The molecule has 0 aliphatic heterocycles. The molecular weight excluding hydrogens is 344 g/mol. The van der Waals surface area contributed by atoms with Gasteiger partial charge in [0.25, 0.3) is 5.91 Å². The van der Waals surface area contributed by atoms with Crippen LogP contribution in [0.5, 0.6) is 0 Å². The Morgan fingerprint density at radius 3 is 2.44 bits per heavy atom. The summed E-state index contributed by atoms with van der Waals surface area (Å²) in [6.45, 7) is 7.89. The fraction of sp³-hybridized carbons (Fsp3) is 0.263. The number of aryl methyl sites for hydroxylation is 1. The Labute approximate surface area is 157 Å². The van der Waals surface area contributed by atoms with Gasteiger partial charge in [-0.15, -0.1) is 0 Å². The van der Waals surface area contributed by atoms with E-state index in [-0.39, 0.29) is 11.6 Å². The van der Waals surface area contributed by atoms with Crippen molar-refractivity contribution in [2.45, 2.75) is 20.8 Å². The van der Waals surface area contributed by atoms with Gasteiger partial charge in [0, 0.05) is 36.6 Å². The van der Waals surface area contributed by atoms with E-state index in [0.29, 0.717) is 23.1 Å². The number of rotatable bonds is 7. The first-order chi connectivity index (χ1) is 13.1. The predicted molar refractivity (Wildman–Crippen MR) is 105 cm³/mol. The standard InChI is InChI=1S/C19H22N6O2/c1-4-25(5-2)15-8-6-14(7-9-15)22-19(26)16-11-17(21-12-20-16)23-18-10-13(3)27-24-18/h6-12H,4-5H2,1-3H3,(H,22,26)(H,20,21,23,24). The molecule has 27 heavy (non-hydrogen) atoms. The molecule has 8 nitrogen and oxygen atoms in total.